The van der Waals surface area contributed by atoms with Gasteiger partial charge in [0, 0.05) is 17.5 Å². The second-order valence-corrected chi connectivity index (χ2v) is 8.03. The molecule has 25 heavy (non-hydrogen) atoms. The number of aromatic nitrogens is 3. The fourth-order valence-electron chi connectivity index (χ4n) is 4.60. The van der Waals surface area contributed by atoms with Gasteiger partial charge in [-0.25, -0.2) is 9.50 Å². The van der Waals surface area contributed by atoms with Gasteiger partial charge >= 0.3 is 0 Å². The number of hydrogen-bond donors (Lipinski definition) is 3. The molecule has 0 atom stereocenters. The molecule has 2 heterocycles. The molecule has 0 radical (unpaired) electrons. The number of nitrogens with two attached hydrogens (primary N) is 3. The fourth-order valence-corrected chi connectivity index (χ4v) is 4.60. The third-order valence-electron chi connectivity index (χ3n) is 6.20. The molecule has 2 aromatic rings. The summed E-state index contributed by atoms with van der Waals surface area (Å²) >= 11 is 0. The van der Waals surface area contributed by atoms with Crippen LogP contribution in [0.15, 0.2) is 6.20 Å². The van der Waals surface area contributed by atoms with E-state index in [1.54, 1.807) is 4.52 Å². The van der Waals surface area contributed by atoms with Crippen molar-refractivity contribution in [1.29, 1.82) is 0 Å². The summed E-state index contributed by atoms with van der Waals surface area (Å²) in [6, 6.07) is 0.342. The van der Waals surface area contributed by atoms with Crippen LogP contribution >= 0.6 is 0 Å². The Morgan fingerprint density at radius 1 is 1.00 bits per heavy atom. The van der Waals surface area contributed by atoms with Crippen LogP contribution in [0.5, 0.6) is 0 Å². The molecular formula is C19H30N6. The van der Waals surface area contributed by atoms with Crippen LogP contribution in [0.3, 0.4) is 0 Å². The molecule has 4 rings (SSSR count). The molecule has 2 aromatic heterocycles. The van der Waals surface area contributed by atoms with Crippen LogP contribution in [0.25, 0.3) is 5.65 Å². The van der Waals surface area contributed by atoms with E-state index in [0.717, 1.165) is 54.7 Å². The average molecular weight is 342 g/mol. The van der Waals surface area contributed by atoms with Crippen molar-refractivity contribution in [1.82, 2.24) is 14.6 Å². The molecule has 2 saturated carbocycles. The number of imidazole rings is 1. The third kappa shape index (κ3) is 3.32. The zero-order valence-electron chi connectivity index (χ0n) is 15.0. The van der Waals surface area contributed by atoms with Crippen molar-refractivity contribution < 1.29 is 0 Å². The molecule has 136 valence electrons. The first-order valence-corrected chi connectivity index (χ1v) is 9.80. The number of anilines is 2. The zero-order chi connectivity index (χ0) is 17.4. The molecular weight excluding hydrogens is 312 g/mol. The molecule has 2 aliphatic carbocycles. The highest BCUT2D eigenvalue weighted by molar-refractivity contribution is 5.73. The minimum atomic E-state index is 0.342. The first-order chi connectivity index (χ1) is 12.1. The number of fused-ring (bicyclic) bond motifs is 1. The summed E-state index contributed by atoms with van der Waals surface area (Å²) in [5.74, 6) is 1.70. The summed E-state index contributed by atoms with van der Waals surface area (Å²) in [7, 11) is 0. The highest BCUT2D eigenvalue weighted by Gasteiger charge is 2.24. The lowest BCUT2D eigenvalue weighted by Gasteiger charge is -2.24. The second kappa shape index (κ2) is 6.83. The van der Waals surface area contributed by atoms with Gasteiger partial charge in [-0.1, -0.05) is 32.1 Å². The molecule has 0 saturated heterocycles. The lowest BCUT2D eigenvalue weighted by Crippen LogP contribution is -2.25. The first-order valence-electron chi connectivity index (χ1n) is 9.80. The highest BCUT2D eigenvalue weighted by Crippen LogP contribution is 2.35. The molecule has 0 amide bonds. The monoisotopic (exact) mass is 342 g/mol. The van der Waals surface area contributed by atoms with E-state index >= 15 is 0 Å². The third-order valence-corrected chi connectivity index (χ3v) is 6.20. The maximum absolute atomic E-state index is 6.48. The number of nitrogens with zero attached hydrogens (tertiary/aromatic N) is 3. The summed E-state index contributed by atoms with van der Waals surface area (Å²) in [5.41, 5.74) is 22.3. The van der Waals surface area contributed by atoms with Crippen molar-refractivity contribution in [3.05, 3.63) is 17.5 Å². The van der Waals surface area contributed by atoms with E-state index in [-0.39, 0.29) is 0 Å². The molecule has 6 nitrogen and oxygen atoms in total. The Bertz CT molecular complexity index is 738. The fraction of sp³-hybridized carbons (Fsp3) is 0.684. The van der Waals surface area contributed by atoms with Crippen molar-refractivity contribution in [2.75, 3.05) is 11.5 Å². The Hall–Kier alpha value is -1.82. The Balaban J connectivity index is 1.62. The Labute approximate surface area is 149 Å². The van der Waals surface area contributed by atoms with Crippen molar-refractivity contribution in [3.8, 4) is 0 Å². The maximum Gasteiger partial charge on any atom is 0.177 e. The second-order valence-electron chi connectivity index (χ2n) is 8.03. The van der Waals surface area contributed by atoms with Crippen LogP contribution in [0, 0.1) is 5.92 Å². The van der Waals surface area contributed by atoms with Crippen molar-refractivity contribution in [2.24, 2.45) is 11.7 Å². The van der Waals surface area contributed by atoms with Gasteiger partial charge in [0.25, 0.3) is 0 Å². The number of nitrogen functional groups attached to an aromatic ring is 2. The SMILES string of the molecule is Nc1nn2cc([C@H]3CC[C@H](N)CC3)nc2c(N)c1CC1CCCCC1. The van der Waals surface area contributed by atoms with Crippen LogP contribution in [-0.2, 0) is 6.42 Å². The van der Waals surface area contributed by atoms with E-state index in [9.17, 15) is 0 Å². The first kappa shape index (κ1) is 16.6. The van der Waals surface area contributed by atoms with E-state index in [4.69, 9.17) is 22.2 Å². The topological polar surface area (TPSA) is 108 Å². The number of hydrogen-bond acceptors (Lipinski definition) is 5. The number of rotatable bonds is 3. The molecule has 0 aliphatic heterocycles. The zero-order valence-corrected chi connectivity index (χ0v) is 15.0. The average Bonchev–Trinajstić information content (AvgIpc) is 3.04. The molecule has 0 unspecified atom stereocenters. The predicted octanol–water partition coefficient (Wildman–Crippen LogP) is 3.00. The van der Waals surface area contributed by atoms with E-state index in [0.29, 0.717) is 23.7 Å². The molecule has 0 aromatic carbocycles. The van der Waals surface area contributed by atoms with E-state index in [2.05, 4.69) is 5.10 Å². The van der Waals surface area contributed by atoms with Gasteiger partial charge in [0.15, 0.2) is 5.65 Å². The van der Waals surface area contributed by atoms with Gasteiger partial charge < -0.3 is 17.2 Å². The lowest BCUT2D eigenvalue weighted by atomic mass is 9.84. The van der Waals surface area contributed by atoms with Crippen LogP contribution in [-0.4, -0.2) is 20.6 Å². The van der Waals surface area contributed by atoms with Gasteiger partial charge in [0.1, 0.15) is 5.82 Å². The standard InChI is InChI=1S/C19H30N6/c20-14-8-6-13(7-9-14)16-11-25-19(23-16)17(21)15(18(22)24-25)10-12-4-2-1-3-5-12/h11-14H,1-10,20-21H2,(H2,22,24)/t13-,14-. The minimum Gasteiger partial charge on any atom is -0.395 e. The van der Waals surface area contributed by atoms with Crippen molar-refractivity contribution in [2.45, 2.75) is 76.2 Å². The summed E-state index contributed by atoms with van der Waals surface area (Å²) in [6.07, 6.45) is 13.8. The lowest BCUT2D eigenvalue weighted by molar-refractivity contribution is 0.357. The van der Waals surface area contributed by atoms with Crippen LogP contribution in [0.4, 0.5) is 11.5 Å². The van der Waals surface area contributed by atoms with E-state index in [1.807, 2.05) is 6.20 Å². The van der Waals surface area contributed by atoms with Crippen LogP contribution in [0.1, 0.15) is 75.0 Å². The van der Waals surface area contributed by atoms with Crippen LogP contribution < -0.4 is 17.2 Å². The van der Waals surface area contributed by atoms with Gasteiger partial charge in [-0.3, -0.25) is 0 Å². The van der Waals surface area contributed by atoms with Gasteiger partial charge in [0.05, 0.1) is 17.6 Å². The quantitative estimate of drug-likeness (QED) is 0.794. The van der Waals surface area contributed by atoms with Gasteiger partial charge in [0.2, 0.25) is 0 Å². The summed E-state index contributed by atoms with van der Waals surface area (Å²) < 4.78 is 1.78. The Morgan fingerprint density at radius 2 is 1.72 bits per heavy atom. The molecule has 6 heteroatoms. The normalized spacial score (nSPS) is 25.5. The van der Waals surface area contributed by atoms with Crippen molar-refractivity contribution in [3.63, 3.8) is 0 Å². The molecule has 2 aliphatic rings. The smallest absolute Gasteiger partial charge is 0.177 e. The van der Waals surface area contributed by atoms with Gasteiger partial charge in [-0.05, 0) is 38.0 Å². The summed E-state index contributed by atoms with van der Waals surface area (Å²) in [5, 5.41) is 4.56. The Kier molecular flexibility index (Phi) is 4.54. The largest absolute Gasteiger partial charge is 0.395 e. The molecule has 0 bridgehead atoms. The van der Waals surface area contributed by atoms with E-state index < -0.39 is 0 Å². The molecule has 2 fully saturated rings. The predicted molar refractivity (Wildman–Crippen MR) is 101 cm³/mol. The van der Waals surface area contributed by atoms with Gasteiger partial charge in [-0.2, -0.15) is 0 Å². The minimum absolute atomic E-state index is 0.342. The highest BCUT2D eigenvalue weighted by atomic mass is 15.3. The molecule has 0 spiro atoms. The maximum atomic E-state index is 6.48. The summed E-state index contributed by atoms with van der Waals surface area (Å²) in [4.78, 5) is 4.83. The van der Waals surface area contributed by atoms with Gasteiger partial charge in [-0.15, -0.1) is 5.10 Å². The van der Waals surface area contributed by atoms with Crippen LogP contribution in [0.2, 0.25) is 0 Å². The van der Waals surface area contributed by atoms with Crippen molar-refractivity contribution >= 4 is 17.2 Å². The molecule has 6 N–H and O–H groups in total. The Morgan fingerprint density at radius 3 is 2.44 bits per heavy atom. The van der Waals surface area contributed by atoms with E-state index in [1.165, 1.54) is 32.1 Å². The summed E-state index contributed by atoms with van der Waals surface area (Å²) in [6.45, 7) is 0.